The molecule has 3 rings (SSSR count). The normalized spacial score (nSPS) is 12.1. The molecule has 0 N–H and O–H groups in total. The lowest BCUT2D eigenvalue weighted by Crippen LogP contribution is -2.35. The summed E-state index contributed by atoms with van der Waals surface area (Å²) in [5.74, 6) is 0. The molecule has 3 aromatic rings. The van der Waals surface area contributed by atoms with Crippen LogP contribution in [0, 0.1) is 20.4 Å². The number of rotatable bonds is 1. The highest BCUT2D eigenvalue weighted by Crippen LogP contribution is 2.33. The Balaban J connectivity index is 2.45. The molecule has 0 saturated carbocycles. The standard InChI is InChI=1S/C23H25N2/c1-15-8-9-18(23(3,4)5)14-21(15)22-20-11-10-19(24-6)13-17(20)12-16(2)25(22)7/h8-14H,1-5,7H3/q+1/i12D. The predicted molar refractivity (Wildman–Crippen MR) is 105 cm³/mol. The second kappa shape index (κ2) is 6.01. The molecule has 0 aliphatic carbocycles. The maximum Gasteiger partial charge on any atom is 0.220 e. The number of hydrogen-bond donors (Lipinski definition) is 0. The summed E-state index contributed by atoms with van der Waals surface area (Å²) in [7, 11) is 2.02. The Labute approximate surface area is 152 Å². The van der Waals surface area contributed by atoms with Crippen LogP contribution in [-0.4, -0.2) is 0 Å². The first-order chi connectivity index (χ1) is 12.1. The van der Waals surface area contributed by atoms with E-state index in [4.69, 9.17) is 7.94 Å². The van der Waals surface area contributed by atoms with Crippen LogP contribution in [0.1, 0.15) is 39.0 Å². The molecule has 126 valence electrons. The van der Waals surface area contributed by atoms with E-state index in [-0.39, 0.29) is 5.41 Å². The number of benzene rings is 2. The van der Waals surface area contributed by atoms with Crippen LogP contribution in [0.5, 0.6) is 0 Å². The second-order valence-electron chi connectivity index (χ2n) is 7.74. The van der Waals surface area contributed by atoms with Crippen molar-refractivity contribution in [1.29, 1.82) is 0 Å². The van der Waals surface area contributed by atoms with Crippen molar-refractivity contribution in [2.24, 2.45) is 7.05 Å². The van der Waals surface area contributed by atoms with E-state index in [1.165, 1.54) is 16.7 Å². The van der Waals surface area contributed by atoms with Gasteiger partial charge in [-0.15, -0.1) is 0 Å². The fourth-order valence-electron chi connectivity index (χ4n) is 3.21. The number of fused-ring (bicyclic) bond motifs is 1. The van der Waals surface area contributed by atoms with Crippen molar-refractivity contribution in [1.82, 2.24) is 0 Å². The molecule has 0 spiro atoms. The minimum Gasteiger partial charge on any atom is -0.238 e. The van der Waals surface area contributed by atoms with E-state index < -0.39 is 0 Å². The highest BCUT2D eigenvalue weighted by molar-refractivity contribution is 5.95. The molecule has 25 heavy (non-hydrogen) atoms. The van der Waals surface area contributed by atoms with Gasteiger partial charge in [0.15, 0.2) is 11.4 Å². The van der Waals surface area contributed by atoms with E-state index in [2.05, 4.69) is 55.3 Å². The highest BCUT2D eigenvalue weighted by Gasteiger charge is 2.22. The van der Waals surface area contributed by atoms with Crippen molar-refractivity contribution >= 4 is 16.5 Å². The largest absolute Gasteiger partial charge is 0.238 e. The molecule has 1 heterocycles. The number of hydrogen-bond acceptors (Lipinski definition) is 0. The quantitative estimate of drug-likeness (QED) is 0.394. The van der Waals surface area contributed by atoms with Crippen LogP contribution >= 0.6 is 0 Å². The summed E-state index contributed by atoms with van der Waals surface area (Å²) in [4.78, 5) is 3.54. The average Bonchev–Trinajstić information content (AvgIpc) is 2.60. The molecular weight excluding hydrogens is 304 g/mol. The van der Waals surface area contributed by atoms with Gasteiger partial charge in [0.1, 0.15) is 7.05 Å². The third-order valence-corrected chi connectivity index (χ3v) is 4.90. The van der Waals surface area contributed by atoms with E-state index in [9.17, 15) is 0 Å². The Morgan fingerprint density at radius 2 is 1.80 bits per heavy atom. The van der Waals surface area contributed by atoms with E-state index in [1.807, 2.05) is 32.2 Å². The van der Waals surface area contributed by atoms with Crippen LogP contribution in [0.4, 0.5) is 5.69 Å². The molecule has 2 nitrogen and oxygen atoms in total. The van der Waals surface area contributed by atoms with Crippen LogP contribution in [0.2, 0.25) is 0 Å². The monoisotopic (exact) mass is 330 g/mol. The molecule has 1 aromatic heterocycles. The van der Waals surface area contributed by atoms with Gasteiger partial charge >= 0.3 is 0 Å². The second-order valence-corrected chi connectivity index (χ2v) is 7.74. The summed E-state index contributed by atoms with van der Waals surface area (Å²) in [6.07, 6.45) is 0. The average molecular weight is 330 g/mol. The first kappa shape index (κ1) is 15.8. The zero-order chi connectivity index (χ0) is 19.2. The lowest BCUT2D eigenvalue weighted by Gasteiger charge is -2.21. The smallest absolute Gasteiger partial charge is 0.220 e. The van der Waals surface area contributed by atoms with Gasteiger partial charge in [-0.05, 0) is 41.0 Å². The van der Waals surface area contributed by atoms with Crippen molar-refractivity contribution in [3.05, 3.63) is 70.7 Å². The summed E-state index contributed by atoms with van der Waals surface area (Å²) in [6.45, 7) is 18.1. The van der Waals surface area contributed by atoms with Gasteiger partial charge in [-0.25, -0.2) is 4.85 Å². The zero-order valence-electron chi connectivity index (χ0n) is 16.9. The van der Waals surface area contributed by atoms with E-state index >= 15 is 0 Å². The van der Waals surface area contributed by atoms with Gasteiger partial charge in [0, 0.05) is 18.5 Å². The molecule has 0 aliphatic rings. The van der Waals surface area contributed by atoms with E-state index in [0.29, 0.717) is 11.7 Å². The SMILES string of the molecule is [2H]c1c(C)[n+](C)c(-c2cc(C(C)(C)C)ccc2C)c2ccc([N+]#[C-])cc12. The van der Waals surface area contributed by atoms with E-state index in [1.54, 1.807) is 0 Å². The lowest BCUT2D eigenvalue weighted by molar-refractivity contribution is -0.665. The van der Waals surface area contributed by atoms with E-state index in [0.717, 1.165) is 22.2 Å². The molecule has 0 atom stereocenters. The van der Waals surface area contributed by atoms with Gasteiger partial charge in [-0.3, -0.25) is 0 Å². The summed E-state index contributed by atoms with van der Waals surface area (Å²) >= 11 is 0. The molecule has 0 aliphatic heterocycles. The molecule has 2 heteroatoms. The number of aromatic nitrogens is 1. The van der Waals surface area contributed by atoms with Crippen LogP contribution in [0.3, 0.4) is 0 Å². The van der Waals surface area contributed by atoms with Crippen LogP contribution in [-0.2, 0) is 12.5 Å². The Hall–Kier alpha value is -2.66. The lowest BCUT2D eigenvalue weighted by atomic mass is 9.84. The Morgan fingerprint density at radius 1 is 1.08 bits per heavy atom. The summed E-state index contributed by atoms with van der Waals surface area (Å²) in [5, 5.41) is 1.86. The Bertz CT molecular complexity index is 1070. The van der Waals surface area contributed by atoms with Gasteiger partial charge in [-0.2, -0.15) is 4.57 Å². The maximum absolute atomic E-state index is 8.53. The third-order valence-electron chi connectivity index (χ3n) is 4.90. The number of aryl methyl sites for hydroxylation is 1. The number of nitrogens with zero attached hydrogens (tertiary/aromatic N) is 2. The topological polar surface area (TPSA) is 8.24 Å². The minimum absolute atomic E-state index is 0.0680. The van der Waals surface area contributed by atoms with Gasteiger partial charge in [0.25, 0.3) is 0 Å². The summed E-state index contributed by atoms with van der Waals surface area (Å²) < 4.78 is 10.6. The highest BCUT2D eigenvalue weighted by atomic mass is 14.9. The van der Waals surface area contributed by atoms with Gasteiger partial charge in [0.05, 0.1) is 13.3 Å². The van der Waals surface area contributed by atoms with Crippen LogP contribution in [0.15, 0.2) is 42.4 Å². The molecule has 0 radical (unpaired) electrons. The van der Waals surface area contributed by atoms with Crippen molar-refractivity contribution < 1.29 is 5.94 Å². The van der Waals surface area contributed by atoms with Gasteiger partial charge in [0.2, 0.25) is 5.69 Å². The summed E-state index contributed by atoms with van der Waals surface area (Å²) in [5.41, 5.74) is 6.33. The maximum atomic E-state index is 8.53. The van der Waals surface area contributed by atoms with Crippen molar-refractivity contribution in [3.8, 4) is 11.3 Å². The van der Waals surface area contributed by atoms with Crippen molar-refractivity contribution in [2.45, 2.75) is 40.0 Å². The van der Waals surface area contributed by atoms with Gasteiger partial charge < -0.3 is 0 Å². The molecule has 0 fully saturated rings. The fourth-order valence-corrected chi connectivity index (χ4v) is 3.21. The molecular formula is C23H25N2+. The van der Waals surface area contributed by atoms with Crippen molar-refractivity contribution in [3.63, 3.8) is 0 Å². The Kier molecular flexibility index (Phi) is 3.81. The molecule has 0 bridgehead atoms. The zero-order valence-corrected chi connectivity index (χ0v) is 15.9. The molecule has 0 amide bonds. The molecule has 2 aromatic carbocycles. The molecule has 0 unspecified atom stereocenters. The van der Waals surface area contributed by atoms with Crippen molar-refractivity contribution in [2.75, 3.05) is 0 Å². The fraction of sp³-hybridized carbons (Fsp3) is 0.304. The van der Waals surface area contributed by atoms with Crippen LogP contribution in [0.25, 0.3) is 26.9 Å². The first-order valence-corrected chi connectivity index (χ1v) is 8.57. The number of pyridine rings is 1. The Morgan fingerprint density at radius 3 is 2.44 bits per heavy atom. The minimum atomic E-state index is 0.0680. The first-order valence-electron chi connectivity index (χ1n) is 9.07. The summed E-state index contributed by atoms with van der Waals surface area (Å²) in [6, 6.07) is 12.8. The van der Waals surface area contributed by atoms with Crippen LogP contribution < -0.4 is 4.57 Å². The third kappa shape index (κ3) is 3.03. The van der Waals surface area contributed by atoms with Gasteiger partial charge in [-0.1, -0.05) is 45.0 Å². The molecule has 0 saturated heterocycles. The predicted octanol–water partition coefficient (Wildman–Crippen LogP) is 5.80.